The molecule has 0 unspecified atom stereocenters. The molecule has 7 aromatic carbocycles. The van der Waals surface area contributed by atoms with E-state index in [1.54, 1.807) is 0 Å². The molecular weight excluding hydrogens is 655 g/mol. The van der Waals surface area contributed by atoms with E-state index in [0.717, 1.165) is 77.6 Å². The Hall–Kier alpha value is -6.69. The average molecular weight is 682 g/mol. The van der Waals surface area contributed by atoms with Crippen LogP contribution in [0.1, 0.15) is 0 Å². The highest BCUT2D eigenvalue weighted by molar-refractivity contribution is 7.26. The molecule has 5 heteroatoms. The average Bonchev–Trinajstić information content (AvgIpc) is 3.79. The van der Waals surface area contributed by atoms with Crippen molar-refractivity contribution < 1.29 is 4.42 Å². The zero-order valence-corrected chi connectivity index (χ0v) is 28.6. The van der Waals surface area contributed by atoms with Gasteiger partial charge < -0.3 is 4.42 Å². The number of thiophene rings is 1. The largest absolute Gasteiger partial charge is 0.455 e. The van der Waals surface area contributed by atoms with Crippen LogP contribution in [-0.2, 0) is 0 Å². The highest BCUT2D eigenvalue weighted by Crippen LogP contribution is 2.44. The van der Waals surface area contributed by atoms with Gasteiger partial charge in [0.05, 0.1) is 22.6 Å². The van der Waals surface area contributed by atoms with Crippen LogP contribution in [0.4, 0.5) is 0 Å². The molecule has 0 saturated heterocycles. The summed E-state index contributed by atoms with van der Waals surface area (Å²) < 4.78 is 9.03. The molecule has 0 saturated carbocycles. The van der Waals surface area contributed by atoms with Gasteiger partial charge in [-0.1, -0.05) is 127 Å². The standard InChI is InChI=1S/C47H27N3OS/c1-3-12-28(13-4-1)45-36-24-25-42-44(35-17-8-10-21-41(35)52-42)43(36)33-23-22-30(26-38(33)48-45)37-27-39(50-47(49-37)29-14-5-2-6-15-29)34-19-11-18-32-31-16-7-9-20-40(31)51-46(32)34/h1-27H. The van der Waals surface area contributed by atoms with Crippen molar-refractivity contribution in [2.75, 3.05) is 0 Å². The maximum atomic E-state index is 6.47. The fourth-order valence-electron chi connectivity index (χ4n) is 7.68. The van der Waals surface area contributed by atoms with E-state index < -0.39 is 0 Å². The predicted octanol–water partition coefficient (Wildman–Crippen LogP) is 13.1. The first-order valence-electron chi connectivity index (χ1n) is 17.4. The number of fused-ring (bicyclic) bond motifs is 10. The van der Waals surface area contributed by atoms with Crippen LogP contribution in [0.15, 0.2) is 168 Å². The normalized spacial score (nSPS) is 11.8. The lowest BCUT2D eigenvalue weighted by molar-refractivity contribution is 0.670. The van der Waals surface area contributed by atoms with Crippen molar-refractivity contribution in [2.45, 2.75) is 0 Å². The van der Waals surface area contributed by atoms with Gasteiger partial charge in [0.15, 0.2) is 5.82 Å². The third kappa shape index (κ3) is 4.50. The predicted molar refractivity (Wildman–Crippen MR) is 217 cm³/mol. The summed E-state index contributed by atoms with van der Waals surface area (Å²) in [6.07, 6.45) is 0. The molecular formula is C47H27N3OS. The fraction of sp³-hybridized carbons (Fsp3) is 0. The van der Waals surface area contributed by atoms with Crippen molar-refractivity contribution in [1.29, 1.82) is 0 Å². The third-order valence-corrected chi connectivity index (χ3v) is 11.2. The van der Waals surface area contributed by atoms with E-state index in [4.69, 9.17) is 19.4 Å². The number of para-hydroxylation sites is 2. The summed E-state index contributed by atoms with van der Waals surface area (Å²) in [5.41, 5.74) is 9.14. The highest BCUT2D eigenvalue weighted by Gasteiger charge is 2.19. The van der Waals surface area contributed by atoms with E-state index in [-0.39, 0.29) is 0 Å². The van der Waals surface area contributed by atoms with Crippen molar-refractivity contribution in [3.8, 4) is 45.2 Å². The van der Waals surface area contributed by atoms with E-state index >= 15 is 0 Å². The lowest BCUT2D eigenvalue weighted by Crippen LogP contribution is -1.97. The number of pyridine rings is 1. The Morgan fingerprint density at radius 1 is 0.423 bits per heavy atom. The molecule has 11 aromatic rings. The molecule has 0 aliphatic carbocycles. The van der Waals surface area contributed by atoms with Crippen molar-refractivity contribution in [2.24, 2.45) is 0 Å². The monoisotopic (exact) mass is 681 g/mol. The van der Waals surface area contributed by atoms with Crippen LogP contribution < -0.4 is 0 Å². The SMILES string of the molecule is c1ccc(-c2nc(-c3ccc4c(c3)nc(-c3ccccc3)c3ccc5sc6ccccc6c5c34)cc(-c3cccc4c3oc3ccccc34)n2)cc1. The summed E-state index contributed by atoms with van der Waals surface area (Å²) in [6, 6.07) is 57.0. The first kappa shape index (κ1) is 29.1. The van der Waals surface area contributed by atoms with Crippen LogP contribution in [0, 0.1) is 0 Å². The number of nitrogens with zero attached hydrogens (tertiary/aromatic N) is 3. The Bertz CT molecular complexity index is 3180. The minimum atomic E-state index is 0.657. The summed E-state index contributed by atoms with van der Waals surface area (Å²) in [4.78, 5) is 15.7. The van der Waals surface area contributed by atoms with Crippen molar-refractivity contribution in [3.05, 3.63) is 164 Å². The molecule has 0 amide bonds. The quantitative estimate of drug-likeness (QED) is 0.174. The van der Waals surface area contributed by atoms with Gasteiger partial charge in [-0.05, 0) is 36.4 Å². The summed E-state index contributed by atoms with van der Waals surface area (Å²) in [6.45, 7) is 0. The van der Waals surface area contributed by atoms with Gasteiger partial charge in [-0.3, -0.25) is 0 Å². The summed E-state index contributed by atoms with van der Waals surface area (Å²) in [5, 5.41) is 8.22. The fourth-order valence-corrected chi connectivity index (χ4v) is 8.80. The van der Waals surface area contributed by atoms with Crippen molar-refractivity contribution in [1.82, 2.24) is 15.0 Å². The second-order valence-electron chi connectivity index (χ2n) is 13.1. The molecule has 0 atom stereocenters. The number of furan rings is 1. The lowest BCUT2D eigenvalue weighted by Gasteiger charge is -2.14. The molecule has 0 fully saturated rings. The smallest absolute Gasteiger partial charge is 0.160 e. The second kappa shape index (κ2) is 11.4. The van der Waals surface area contributed by atoms with Crippen molar-refractivity contribution in [3.63, 3.8) is 0 Å². The molecule has 4 aromatic heterocycles. The maximum absolute atomic E-state index is 6.47. The molecule has 52 heavy (non-hydrogen) atoms. The third-order valence-electron chi connectivity index (χ3n) is 10.1. The lowest BCUT2D eigenvalue weighted by atomic mass is 9.95. The van der Waals surface area contributed by atoms with Gasteiger partial charge in [0.25, 0.3) is 0 Å². The van der Waals surface area contributed by atoms with Gasteiger partial charge >= 0.3 is 0 Å². The van der Waals surface area contributed by atoms with E-state index in [2.05, 4.69) is 127 Å². The number of aromatic nitrogens is 3. The van der Waals surface area contributed by atoms with Crippen LogP contribution >= 0.6 is 11.3 Å². The van der Waals surface area contributed by atoms with Gasteiger partial charge in [0.2, 0.25) is 0 Å². The van der Waals surface area contributed by atoms with E-state index in [1.807, 2.05) is 47.7 Å². The maximum Gasteiger partial charge on any atom is 0.160 e. The van der Waals surface area contributed by atoms with Gasteiger partial charge in [0, 0.05) is 69.4 Å². The molecule has 4 heterocycles. The Labute approximate surface area is 302 Å². The van der Waals surface area contributed by atoms with Gasteiger partial charge in [-0.25, -0.2) is 15.0 Å². The Morgan fingerprint density at radius 2 is 1.13 bits per heavy atom. The van der Waals surface area contributed by atoms with E-state index in [9.17, 15) is 0 Å². The van der Waals surface area contributed by atoms with Crippen LogP contribution in [0.3, 0.4) is 0 Å². The van der Waals surface area contributed by atoms with Gasteiger partial charge in [-0.15, -0.1) is 11.3 Å². The molecule has 0 spiro atoms. The highest BCUT2D eigenvalue weighted by atomic mass is 32.1. The van der Waals surface area contributed by atoms with Crippen molar-refractivity contribution >= 4 is 75.1 Å². The summed E-state index contributed by atoms with van der Waals surface area (Å²) in [5.74, 6) is 0.657. The minimum absolute atomic E-state index is 0.657. The zero-order valence-electron chi connectivity index (χ0n) is 27.7. The topological polar surface area (TPSA) is 51.8 Å². The first-order valence-corrected chi connectivity index (χ1v) is 18.2. The second-order valence-corrected chi connectivity index (χ2v) is 14.2. The number of benzene rings is 7. The molecule has 242 valence electrons. The Balaban J connectivity index is 1.19. The zero-order chi connectivity index (χ0) is 34.2. The van der Waals surface area contributed by atoms with E-state index in [1.165, 1.54) is 25.6 Å². The van der Waals surface area contributed by atoms with E-state index in [0.29, 0.717) is 5.82 Å². The number of rotatable bonds is 4. The number of hydrogen-bond acceptors (Lipinski definition) is 5. The van der Waals surface area contributed by atoms with Crippen LogP contribution in [0.25, 0.3) is 109 Å². The summed E-state index contributed by atoms with van der Waals surface area (Å²) >= 11 is 1.84. The number of hydrogen-bond donors (Lipinski definition) is 0. The molecule has 0 aliphatic heterocycles. The molecule has 0 radical (unpaired) electrons. The van der Waals surface area contributed by atoms with Crippen LogP contribution in [-0.4, -0.2) is 15.0 Å². The van der Waals surface area contributed by atoms with Crippen LogP contribution in [0.2, 0.25) is 0 Å². The molecule has 0 bridgehead atoms. The van der Waals surface area contributed by atoms with Crippen LogP contribution in [0.5, 0.6) is 0 Å². The molecule has 4 nitrogen and oxygen atoms in total. The minimum Gasteiger partial charge on any atom is -0.455 e. The molecule has 0 N–H and O–H groups in total. The molecule has 11 rings (SSSR count). The first-order chi connectivity index (χ1) is 25.8. The Morgan fingerprint density at radius 3 is 2.00 bits per heavy atom. The Kier molecular flexibility index (Phi) is 6.39. The van der Waals surface area contributed by atoms with Gasteiger partial charge in [0.1, 0.15) is 11.2 Å². The van der Waals surface area contributed by atoms with Gasteiger partial charge in [-0.2, -0.15) is 0 Å². The molecule has 0 aliphatic rings. The summed E-state index contributed by atoms with van der Waals surface area (Å²) in [7, 11) is 0.